The van der Waals surface area contributed by atoms with Crippen LogP contribution >= 0.6 is 0 Å². The Balaban J connectivity index is 1.84. The quantitative estimate of drug-likeness (QED) is 0.858. The number of carboxylic acid groups (broad SMARTS) is 1. The maximum Gasteiger partial charge on any atom is 0.407 e. The molecule has 1 aromatic heterocycles. The van der Waals surface area contributed by atoms with Gasteiger partial charge in [-0.3, -0.25) is 9.48 Å². The Morgan fingerprint density at radius 2 is 2.11 bits per heavy atom. The third kappa shape index (κ3) is 3.80. The van der Waals surface area contributed by atoms with Gasteiger partial charge in [-0.1, -0.05) is 6.07 Å². The zero-order chi connectivity index (χ0) is 19.7. The van der Waals surface area contributed by atoms with Gasteiger partial charge in [-0.25, -0.2) is 4.79 Å². The Morgan fingerprint density at radius 1 is 1.37 bits per heavy atom. The Labute approximate surface area is 158 Å². The normalized spacial score (nSPS) is 18.9. The van der Waals surface area contributed by atoms with Gasteiger partial charge in [-0.05, 0) is 36.6 Å². The van der Waals surface area contributed by atoms with Gasteiger partial charge in [0.1, 0.15) is 0 Å². The zero-order valence-electron chi connectivity index (χ0n) is 15.8. The topological polar surface area (TPSA) is 105 Å². The number of fused-ring (bicyclic) bond motifs is 1. The van der Waals surface area contributed by atoms with Gasteiger partial charge < -0.3 is 20.6 Å². The molecule has 0 fully saturated rings. The molecule has 0 saturated heterocycles. The van der Waals surface area contributed by atoms with Crippen molar-refractivity contribution in [3.63, 3.8) is 0 Å². The first-order valence-corrected chi connectivity index (χ1v) is 8.94. The molecule has 0 unspecified atom stereocenters. The second kappa shape index (κ2) is 7.40. The van der Waals surface area contributed by atoms with E-state index >= 15 is 0 Å². The molecule has 2 aromatic rings. The number of anilines is 1. The maximum atomic E-state index is 12.0. The summed E-state index contributed by atoms with van der Waals surface area (Å²) in [6.45, 7) is 4.42. The van der Waals surface area contributed by atoms with E-state index in [1.54, 1.807) is 22.7 Å². The summed E-state index contributed by atoms with van der Waals surface area (Å²) in [6, 6.07) is 5.88. The van der Waals surface area contributed by atoms with Crippen LogP contribution in [0.1, 0.15) is 31.9 Å². The number of aromatic nitrogens is 2. The van der Waals surface area contributed by atoms with Gasteiger partial charge in [0, 0.05) is 50.0 Å². The zero-order valence-corrected chi connectivity index (χ0v) is 15.8. The van der Waals surface area contributed by atoms with E-state index in [4.69, 9.17) is 10.8 Å². The van der Waals surface area contributed by atoms with Crippen LogP contribution in [0, 0.1) is 0 Å². The van der Waals surface area contributed by atoms with Gasteiger partial charge in [-0.15, -0.1) is 0 Å². The van der Waals surface area contributed by atoms with Crippen molar-refractivity contribution in [2.75, 3.05) is 18.5 Å². The predicted octanol–water partition coefficient (Wildman–Crippen LogP) is 2.30. The van der Waals surface area contributed by atoms with Crippen LogP contribution in [0.3, 0.4) is 0 Å². The maximum absolute atomic E-state index is 12.0. The largest absolute Gasteiger partial charge is 0.465 e. The van der Waals surface area contributed by atoms with Crippen molar-refractivity contribution >= 4 is 17.7 Å². The number of hydrogen-bond acceptors (Lipinski definition) is 4. The van der Waals surface area contributed by atoms with Crippen LogP contribution in [0.25, 0.3) is 11.1 Å². The number of nitrogens with two attached hydrogens (primary N) is 1. The highest BCUT2D eigenvalue weighted by atomic mass is 16.4. The third-order valence-corrected chi connectivity index (χ3v) is 5.02. The van der Waals surface area contributed by atoms with Crippen molar-refractivity contribution in [1.29, 1.82) is 0 Å². The van der Waals surface area contributed by atoms with Gasteiger partial charge in [0.05, 0.1) is 12.7 Å². The number of rotatable bonds is 4. The van der Waals surface area contributed by atoms with E-state index in [2.05, 4.69) is 5.10 Å². The fourth-order valence-electron chi connectivity index (χ4n) is 3.55. The highest BCUT2D eigenvalue weighted by Gasteiger charge is 2.30. The highest BCUT2D eigenvalue weighted by Crippen LogP contribution is 2.38. The van der Waals surface area contributed by atoms with Crippen LogP contribution in [0.2, 0.25) is 0 Å². The molecular formula is C19H25N5O3. The standard InChI is InChI=1S/C19H25N5O3/c1-12-8-17(20)16-9-14(4-5-18(16)24(12)13(2)25)15-10-21-23(11-15)7-6-22(3)19(26)27/h4-5,9-12,17H,6-8,20H2,1-3H3,(H,26,27)/t12-,17+/m0/s1. The van der Waals surface area contributed by atoms with E-state index < -0.39 is 6.09 Å². The summed E-state index contributed by atoms with van der Waals surface area (Å²) in [7, 11) is 1.53. The van der Waals surface area contributed by atoms with E-state index in [0.29, 0.717) is 13.1 Å². The minimum absolute atomic E-state index is 0.0127. The van der Waals surface area contributed by atoms with Crippen LogP contribution in [-0.2, 0) is 11.3 Å². The molecule has 2 amide bonds. The first-order valence-electron chi connectivity index (χ1n) is 8.94. The van der Waals surface area contributed by atoms with E-state index in [1.807, 2.05) is 31.3 Å². The monoisotopic (exact) mass is 371 g/mol. The molecule has 0 aliphatic carbocycles. The van der Waals surface area contributed by atoms with Crippen LogP contribution in [0.15, 0.2) is 30.6 Å². The van der Waals surface area contributed by atoms with Crippen molar-refractivity contribution in [3.05, 3.63) is 36.2 Å². The number of amides is 2. The molecule has 8 nitrogen and oxygen atoms in total. The molecule has 144 valence electrons. The van der Waals surface area contributed by atoms with Gasteiger partial charge in [0.2, 0.25) is 5.91 Å². The first-order chi connectivity index (χ1) is 12.8. The Hall–Kier alpha value is -2.87. The number of benzene rings is 1. The van der Waals surface area contributed by atoms with Gasteiger partial charge in [-0.2, -0.15) is 5.10 Å². The molecule has 2 heterocycles. The minimum atomic E-state index is -0.963. The van der Waals surface area contributed by atoms with Crippen molar-refractivity contribution in [3.8, 4) is 11.1 Å². The van der Waals surface area contributed by atoms with Gasteiger partial charge >= 0.3 is 6.09 Å². The summed E-state index contributed by atoms with van der Waals surface area (Å²) in [5.41, 5.74) is 10.1. The lowest BCUT2D eigenvalue weighted by molar-refractivity contribution is -0.117. The van der Waals surface area contributed by atoms with E-state index in [-0.39, 0.29) is 18.0 Å². The Morgan fingerprint density at radius 3 is 2.78 bits per heavy atom. The molecule has 0 saturated carbocycles. The van der Waals surface area contributed by atoms with E-state index in [9.17, 15) is 9.59 Å². The van der Waals surface area contributed by atoms with Gasteiger partial charge in [0.25, 0.3) is 0 Å². The molecule has 0 bridgehead atoms. The summed E-state index contributed by atoms with van der Waals surface area (Å²) in [5, 5.41) is 13.2. The smallest absolute Gasteiger partial charge is 0.407 e. The second-order valence-corrected chi connectivity index (χ2v) is 7.05. The van der Waals surface area contributed by atoms with E-state index in [1.165, 1.54) is 11.9 Å². The van der Waals surface area contributed by atoms with E-state index in [0.717, 1.165) is 28.8 Å². The molecule has 2 atom stereocenters. The number of hydrogen-bond donors (Lipinski definition) is 2. The SMILES string of the molecule is CC(=O)N1c2ccc(-c3cnn(CCN(C)C(=O)O)c3)cc2[C@H](N)C[C@@H]1C. The van der Waals surface area contributed by atoms with Crippen LogP contribution in [0.5, 0.6) is 0 Å². The lowest BCUT2D eigenvalue weighted by atomic mass is 9.90. The minimum Gasteiger partial charge on any atom is -0.465 e. The summed E-state index contributed by atoms with van der Waals surface area (Å²) in [5.74, 6) is 0.0127. The lowest BCUT2D eigenvalue weighted by Gasteiger charge is -2.37. The van der Waals surface area contributed by atoms with Crippen LogP contribution < -0.4 is 10.6 Å². The predicted molar refractivity (Wildman–Crippen MR) is 102 cm³/mol. The fourth-order valence-corrected chi connectivity index (χ4v) is 3.55. The van der Waals surface area contributed by atoms with Crippen molar-refractivity contribution in [2.45, 2.75) is 38.9 Å². The molecular weight excluding hydrogens is 346 g/mol. The molecule has 3 N–H and O–H groups in total. The molecule has 1 aliphatic heterocycles. The van der Waals surface area contributed by atoms with Crippen molar-refractivity contribution in [2.24, 2.45) is 5.73 Å². The highest BCUT2D eigenvalue weighted by molar-refractivity contribution is 5.94. The van der Waals surface area contributed by atoms with Crippen LogP contribution in [-0.4, -0.2) is 51.4 Å². The summed E-state index contributed by atoms with van der Waals surface area (Å²) < 4.78 is 1.72. The number of likely N-dealkylation sites (N-methyl/N-ethyl adjacent to an activating group) is 1. The Kier molecular flexibility index (Phi) is 5.18. The molecule has 0 radical (unpaired) electrons. The average molecular weight is 371 g/mol. The van der Waals surface area contributed by atoms with Gasteiger partial charge in [0.15, 0.2) is 0 Å². The first kappa shape index (κ1) is 18.9. The average Bonchev–Trinajstić information content (AvgIpc) is 3.08. The van der Waals surface area contributed by atoms with Crippen molar-refractivity contribution in [1.82, 2.24) is 14.7 Å². The lowest BCUT2D eigenvalue weighted by Crippen LogP contribution is -2.43. The summed E-state index contributed by atoms with van der Waals surface area (Å²) >= 11 is 0. The number of carbonyl (C=O) groups excluding carboxylic acids is 1. The molecule has 3 rings (SSSR count). The summed E-state index contributed by atoms with van der Waals surface area (Å²) in [6.07, 6.45) is 3.39. The molecule has 27 heavy (non-hydrogen) atoms. The third-order valence-electron chi connectivity index (χ3n) is 5.02. The summed E-state index contributed by atoms with van der Waals surface area (Å²) in [4.78, 5) is 25.9. The number of carbonyl (C=O) groups is 2. The molecule has 8 heteroatoms. The molecule has 1 aliphatic rings. The molecule has 1 aromatic carbocycles. The number of nitrogens with zero attached hydrogens (tertiary/aromatic N) is 4. The Bertz CT molecular complexity index is 863. The van der Waals surface area contributed by atoms with Crippen LogP contribution in [0.4, 0.5) is 10.5 Å². The second-order valence-electron chi connectivity index (χ2n) is 7.05. The fraction of sp³-hybridized carbons (Fsp3) is 0.421. The molecule has 0 spiro atoms. The van der Waals surface area contributed by atoms with Crippen molar-refractivity contribution < 1.29 is 14.7 Å².